The first kappa shape index (κ1) is 19.6. The Morgan fingerprint density at radius 3 is 2.62 bits per heavy atom. The van der Waals surface area contributed by atoms with Crippen LogP contribution in [0, 0.1) is 30.9 Å². The van der Waals surface area contributed by atoms with E-state index in [1.807, 2.05) is 6.92 Å². The van der Waals surface area contributed by atoms with Crippen molar-refractivity contribution in [2.45, 2.75) is 40.7 Å². The van der Waals surface area contributed by atoms with Gasteiger partial charge in [0.15, 0.2) is 0 Å². The number of carbonyl (C=O) groups is 2. The fourth-order valence-corrected chi connectivity index (χ4v) is 3.40. The topological polar surface area (TPSA) is 116 Å². The Labute approximate surface area is 154 Å². The summed E-state index contributed by atoms with van der Waals surface area (Å²) in [7, 11) is 0. The van der Waals surface area contributed by atoms with E-state index in [9.17, 15) is 19.7 Å². The Morgan fingerprint density at radius 2 is 2.08 bits per heavy atom. The average Bonchev–Trinajstić information content (AvgIpc) is 3.07. The molecule has 1 N–H and O–H groups in total. The Balaban J connectivity index is 2.27. The molecule has 2 aromatic rings. The van der Waals surface area contributed by atoms with Gasteiger partial charge >= 0.3 is 11.7 Å². The molecule has 0 radical (unpaired) electrons. The van der Waals surface area contributed by atoms with Gasteiger partial charge in [0.1, 0.15) is 22.9 Å². The lowest BCUT2D eigenvalue weighted by Gasteiger charge is -2.12. The molecule has 0 aliphatic heterocycles. The summed E-state index contributed by atoms with van der Waals surface area (Å²) in [6.45, 7) is 8.65. The maximum absolute atomic E-state index is 12.6. The number of rotatable bonds is 6. The van der Waals surface area contributed by atoms with Gasteiger partial charge in [-0.3, -0.25) is 19.6 Å². The van der Waals surface area contributed by atoms with Crippen molar-refractivity contribution in [2.75, 3.05) is 11.9 Å². The third-order valence-electron chi connectivity index (χ3n) is 3.97. The Bertz CT molecular complexity index is 870. The SMILES string of the molecule is CCOC(=O)c1c(NC(=O)C(C)n2cc([N+](=O)[O-])c(C)n2)sc(C)c1C. The molecule has 0 spiro atoms. The van der Waals surface area contributed by atoms with E-state index in [0.717, 1.165) is 10.4 Å². The lowest BCUT2D eigenvalue weighted by molar-refractivity contribution is -0.385. The first-order chi connectivity index (χ1) is 12.2. The second-order valence-electron chi connectivity index (χ2n) is 5.71. The molecule has 2 aromatic heterocycles. The molecule has 0 fully saturated rings. The van der Waals surface area contributed by atoms with Crippen LogP contribution in [0.2, 0.25) is 0 Å². The summed E-state index contributed by atoms with van der Waals surface area (Å²) in [6.07, 6.45) is 1.22. The number of ether oxygens (including phenoxy) is 1. The molecule has 1 amide bonds. The predicted molar refractivity (Wildman–Crippen MR) is 96.7 cm³/mol. The van der Waals surface area contributed by atoms with Crippen LogP contribution in [0.4, 0.5) is 10.7 Å². The van der Waals surface area contributed by atoms with E-state index in [0.29, 0.717) is 10.6 Å². The third kappa shape index (κ3) is 3.74. The van der Waals surface area contributed by atoms with Crippen LogP contribution >= 0.6 is 11.3 Å². The number of nitrogens with zero attached hydrogens (tertiary/aromatic N) is 3. The second-order valence-corrected chi connectivity index (χ2v) is 6.93. The van der Waals surface area contributed by atoms with Crippen LogP contribution < -0.4 is 5.32 Å². The summed E-state index contributed by atoms with van der Waals surface area (Å²) < 4.78 is 6.30. The van der Waals surface area contributed by atoms with Crippen molar-refractivity contribution in [2.24, 2.45) is 0 Å². The van der Waals surface area contributed by atoms with Crippen LogP contribution in [0.25, 0.3) is 0 Å². The molecule has 0 saturated heterocycles. The van der Waals surface area contributed by atoms with Crippen molar-refractivity contribution < 1.29 is 19.2 Å². The highest BCUT2D eigenvalue weighted by Gasteiger charge is 2.26. The molecule has 26 heavy (non-hydrogen) atoms. The summed E-state index contributed by atoms with van der Waals surface area (Å²) in [6, 6.07) is -0.792. The zero-order chi connectivity index (χ0) is 19.6. The van der Waals surface area contributed by atoms with E-state index in [1.54, 1.807) is 20.8 Å². The molecule has 1 atom stereocenters. The fourth-order valence-electron chi connectivity index (χ4n) is 2.35. The highest BCUT2D eigenvalue weighted by molar-refractivity contribution is 7.16. The van der Waals surface area contributed by atoms with Crippen molar-refractivity contribution in [3.05, 3.63) is 38.0 Å². The van der Waals surface area contributed by atoms with E-state index in [-0.39, 0.29) is 18.0 Å². The molecule has 10 heteroatoms. The average molecular weight is 380 g/mol. The highest BCUT2D eigenvalue weighted by Crippen LogP contribution is 2.33. The van der Waals surface area contributed by atoms with Crippen LogP contribution in [-0.2, 0) is 9.53 Å². The van der Waals surface area contributed by atoms with Gasteiger partial charge in [-0.05, 0) is 40.2 Å². The standard InChI is InChI=1S/C16H20N4O5S/c1-6-25-16(22)13-8(2)11(5)26-15(13)17-14(21)10(4)19-7-12(20(23)24)9(3)18-19/h7,10H,6H2,1-5H3,(H,17,21). The molecule has 0 aliphatic rings. The number of hydrogen-bond donors (Lipinski definition) is 1. The lowest BCUT2D eigenvalue weighted by Crippen LogP contribution is -2.24. The molecular weight excluding hydrogens is 360 g/mol. The van der Waals surface area contributed by atoms with Gasteiger partial charge in [0, 0.05) is 4.88 Å². The number of amides is 1. The van der Waals surface area contributed by atoms with Crippen molar-refractivity contribution >= 4 is 33.9 Å². The number of carbonyl (C=O) groups excluding carboxylic acids is 2. The monoisotopic (exact) mass is 380 g/mol. The van der Waals surface area contributed by atoms with Gasteiger partial charge in [-0.1, -0.05) is 0 Å². The van der Waals surface area contributed by atoms with Crippen LogP contribution in [0.5, 0.6) is 0 Å². The maximum Gasteiger partial charge on any atom is 0.341 e. The molecule has 0 aliphatic carbocycles. The largest absolute Gasteiger partial charge is 0.462 e. The minimum Gasteiger partial charge on any atom is -0.462 e. The summed E-state index contributed by atoms with van der Waals surface area (Å²) in [5.74, 6) is -0.933. The second kappa shape index (κ2) is 7.65. The van der Waals surface area contributed by atoms with Crippen molar-refractivity contribution in [1.29, 1.82) is 0 Å². The number of esters is 1. The van der Waals surface area contributed by atoms with Crippen LogP contribution in [-0.4, -0.2) is 33.2 Å². The van der Waals surface area contributed by atoms with Gasteiger partial charge in [-0.2, -0.15) is 5.10 Å². The number of nitrogens with one attached hydrogen (secondary N) is 1. The van der Waals surface area contributed by atoms with E-state index < -0.39 is 22.8 Å². The molecule has 0 saturated carbocycles. The molecule has 2 rings (SSSR count). The molecule has 0 aromatic carbocycles. The minimum absolute atomic E-state index is 0.153. The minimum atomic E-state index is -0.792. The Kier molecular flexibility index (Phi) is 5.76. The zero-order valence-electron chi connectivity index (χ0n) is 15.2. The number of anilines is 1. The molecule has 140 valence electrons. The van der Waals surface area contributed by atoms with Crippen LogP contribution in [0.3, 0.4) is 0 Å². The van der Waals surface area contributed by atoms with Gasteiger partial charge in [-0.15, -0.1) is 11.3 Å². The summed E-state index contributed by atoms with van der Waals surface area (Å²) in [4.78, 5) is 36.0. The Morgan fingerprint density at radius 1 is 1.42 bits per heavy atom. The van der Waals surface area contributed by atoms with E-state index in [1.165, 1.54) is 29.1 Å². The predicted octanol–water partition coefficient (Wildman–Crippen LogP) is 3.15. The van der Waals surface area contributed by atoms with Crippen molar-refractivity contribution in [3.8, 4) is 0 Å². The number of aryl methyl sites for hydroxylation is 2. The molecule has 9 nitrogen and oxygen atoms in total. The number of aromatic nitrogens is 2. The first-order valence-electron chi connectivity index (χ1n) is 7.95. The van der Waals surface area contributed by atoms with Gasteiger partial charge in [0.05, 0.1) is 17.1 Å². The highest BCUT2D eigenvalue weighted by atomic mass is 32.1. The number of thiophene rings is 1. The van der Waals surface area contributed by atoms with Gasteiger partial charge in [0.2, 0.25) is 5.91 Å². The van der Waals surface area contributed by atoms with Gasteiger partial charge < -0.3 is 10.1 Å². The molecule has 0 bridgehead atoms. The quantitative estimate of drug-likeness (QED) is 0.467. The van der Waals surface area contributed by atoms with Crippen molar-refractivity contribution in [1.82, 2.24) is 9.78 Å². The normalized spacial score (nSPS) is 11.9. The van der Waals surface area contributed by atoms with E-state index >= 15 is 0 Å². The molecular formula is C16H20N4O5S. The Hall–Kier alpha value is -2.75. The fraction of sp³-hybridized carbons (Fsp3) is 0.438. The number of nitro groups is 1. The molecule has 1 unspecified atom stereocenters. The first-order valence-corrected chi connectivity index (χ1v) is 8.77. The van der Waals surface area contributed by atoms with Gasteiger partial charge in [0.25, 0.3) is 0 Å². The number of hydrogen-bond acceptors (Lipinski definition) is 7. The maximum atomic E-state index is 12.6. The third-order valence-corrected chi connectivity index (χ3v) is 5.09. The summed E-state index contributed by atoms with van der Waals surface area (Å²) >= 11 is 1.28. The van der Waals surface area contributed by atoms with E-state index in [2.05, 4.69) is 10.4 Å². The zero-order valence-corrected chi connectivity index (χ0v) is 16.0. The molecule has 2 heterocycles. The smallest absolute Gasteiger partial charge is 0.341 e. The van der Waals surface area contributed by atoms with Gasteiger partial charge in [-0.25, -0.2) is 4.79 Å². The summed E-state index contributed by atoms with van der Waals surface area (Å²) in [5.41, 5.74) is 1.16. The summed E-state index contributed by atoms with van der Waals surface area (Å²) in [5, 5.41) is 18.1. The van der Waals surface area contributed by atoms with Crippen molar-refractivity contribution in [3.63, 3.8) is 0 Å². The van der Waals surface area contributed by atoms with Crippen LogP contribution in [0.15, 0.2) is 6.20 Å². The van der Waals surface area contributed by atoms with Crippen LogP contribution in [0.1, 0.15) is 46.4 Å². The van der Waals surface area contributed by atoms with E-state index in [4.69, 9.17) is 4.74 Å². The lowest BCUT2D eigenvalue weighted by atomic mass is 10.1.